The summed E-state index contributed by atoms with van der Waals surface area (Å²) in [5.74, 6) is -1.42. The lowest BCUT2D eigenvalue weighted by atomic mass is 10.2. The summed E-state index contributed by atoms with van der Waals surface area (Å²) in [6.45, 7) is 3.75. The van der Waals surface area contributed by atoms with Gasteiger partial charge in [-0.2, -0.15) is 0 Å². The molecule has 0 spiro atoms. The minimum absolute atomic E-state index is 0.0442. The highest BCUT2D eigenvalue weighted by Crippen LogP contribution is 2.05. The fraction of sp³-hybridized carbons (Fsp3) is 0.364. The van der Waals surface area contributed by atoms with Crippen molar-refractivity contribution in [2.45, 2.75) is 19.9 Å². The number of carboxylic acid groups (broad SMARTS) is 1. The summed E-state index contributed by atoms with van der Waals surface area (Å²) in [6.07, 6.45) is 0. The van der Waals surface area contributed by atoms with E-state index >= 15 is 0 Å². The maximum absolute atomic E-state index is 11.8. The molecule has 0 bridgehead atoms. The molecule has 1 rings (SSSR count). The molecule has 0 saturated heterocycles. The van der Waals surface area contributed by atoms with Gasteiger partial charge >= 0.3 is 5.97 Å². The molecule has 1 aromatic heterocycles. The maximum atomic E-state index is 11.8. The van der Waals surface area contributed by atoms with Crippen LogP contribution in [0.15, 0.2) is 18.2 Å². The van der Waals surface area contributed by atoms with Crippen molar-refractivity contribution in [1.29, 1.82) is 0 Å². The van der Waals surface area contributed by atoms with Crippen LogP contribution in [0.4, 0.5) is 0 Å². The van der Waals surface area contributed by atoms with Crippen molar-refractivity contribution in [3.63, 3.8) is 0 Å². The molecular weight excluding hydrogens is 208 g/mol. The summed E-state index contributed by atoms with van der Waals surface area (Å²) in [4.78, 5) is 27.8. The third-order valence-corrected chi connectivity index (χ3v) is 2.28. The van der Waals surface area contributed by atoms with Crippen LogP contribution < -0.4 is 0 Å². The van der Waals surface area contributed by atoms with E-state index in [0.717, 1.165) is 0 Å². The van der Waals surface area contributed by atoms with Gasteiger partial charge < -0.3 is 10.0 Å². The van der Waals surface area contributed by atoms with Gasteiger partial charge in [0, 0.05) is 13.1 Å². The highest BCUT2D eigenvalue weighted by Gasteiger charge is 2.17. The molecule has 0 radical (unpaired) electrons. The molecule has 0 atom stereocenters. The molecule has 0 aliphatic carbocycles. The normalized spacial score (nSPS) is 10.2. The van der Waals surface area contributed by atoms with Crippen LogP contribution >= 0.6 is 0 Å². The lowest BCUT2D eigenvalue weighted by Gasteiger charge is -2.20. The van der Waals surface area contributed by atoms with Crippen LogP contribution in [0, 0.1) is 0 Å². The topological polar surface area (TPSA) is 70.5 Å². The van der Waals surface area contributed by atoms with E-state index in [4.69, 9.17) is 5.11 Å². The average molecular weight is 222 g/mol. The molecule has 0 aromatic carbocycles. The zero-order chi connectivity index (χ0) is 12.3. The van der Waals surface area contributed by atoms with E-state index in [1.165, 1.54) is 23.1 Å². The van der Waals surface area contributed by atoms with Gasteiger partial charge in [-0.1, -0.05) is 6.07 Å². The molecule has 5 nitrogen and oxygen atoms in total. The Kier molecular flexibility index (Phi) is 3.60. The molecule has 16 heavy (non-hydrogen) atoms. The third kappa shape index (κ3) is 2.56. The van der Waals surface area contributed by atoms with Crippen molar-refractivity contribution in [2.75, 3.05) is 7.05 Å². The number of carboxylic acids is 1. The number of carbonyl (C=O) groups is 2. The minimum atomic E-state index is -1.14. The van der Waals surface area contributed by atoms with Gasteiger partial charge in [0.25, 0.3) is 5.91 Å². The van der Waals surface area contributed by atoms with E-state index in [1.807, 2.05) is 13.8 Å². The van der Waals surface area contributed by atoms with Crippen molar-refractivity contribution < 1.29 is 14.7 Å². The van der Waals surface area contributed by atoms with Crippen molar-refractivity contribution in [3.8, 4) is 0 Å². The predicted octanol–water partition coefficient (Wildman–Crippen LogP) is 1.26. The van der Waals surface area contributed by atoms with E-state index < -0.39 is 5.97 Å². The second-order valence-electron chi connectivity index (χ2n) is 3.72. The highest BCUT2D eigenvalue weighted by molar-refractivity contribution is 5.94. The SMILES string of the molecule is CC(C)N(C)C(=O)c1cccc(C(=O)O)n1. The van der Waals surface area contributed by atoms with Crippen LogP contribution in [0.5, 0.6) is 0 Å². The first-order chi connectivity index (χ1) is 7.43. The van der Waals surface area contributed by atoms with Gasteiger partial charge in [0.05, 0.1) is 0 Å². The molecule has 0 fully saturated rings. The van der Waals surface area contributed by atoms with Crippen LogP contribution in [0.2, 0.25) is 0 Å². The molecule has 0 aliphatic heterocycles. The molecule has 0 saturated carbocycles. The second-order valence-corrected chi connectivity index (χ2v) is 3.72. The molecule has 0 unspecified atom stereocenters. The summed E-state index contributed by atoms with van der Waals surface area (Å²) in [5, 5.41) is 8.75. The van der Waals surface area contributed by atoms with E-state index in [0.29, 0.717) is 0 Å². The van der Waals surface area contributed by atoms with Crippen LogP contribution in [0.1, 0.15) is 34.8 Å². The number of rotatable bonds is 3. The van der Waals surface area contributed by atoms with Crippen molar-refractivity contribution in [1.82, 2.24) is 9.88 Å². The van der Waals surface area contributed by atoms with Gasteiger partial charge in [0.2, 0.25) is 0 Å². The molecular formula is C11H14N2O3. The Morgan fingerprint density at radius 1 is 1.31 bits per heavy atom. The van der Waals surface area contributed by atoms with Gasteiger partial charge in [0.15, 0.2) is 0 Å². The van der Waals surface area contributed by atoms with Gasteiger partial charge in [0.1, 0.15) is 11.4 Å². The minimum Gasteiger partial charge on any atom is -0.477 e. The summed E-state index contributed by atoms with van der Waals surface area (Å²) in [7, 11) is 1.65. The molecule has 1 aromatic rings. The van der Waals surface area contributed by atoms with Crippen molar-refractivity contribution >= 4 is 11.9 Å². The fourth-order valence-electron chi connectivity index (χ4n) is 1.09. The Hall–Kier alpha value is -1.91. The number of aromatic nitrogens is 1. The third-order valence-electron chi connectivity index (χ3n) is 2.28. The van der Waals surface area contributed by atoms with E-state index in [9.17, 15) is 9.59 Å². The Morgan fingerprint density at radius 3 is 2.38 bits per heavy atom. The zero-order valence-corrected chi connectivity index (χ0v) is 9.47. The summed E-state index contributed by atoms with van der Waals surface area (Å²) in [6, 6.07) is 4.42. The van der Waals surface area contributed by atoms with Gasteiger partial charge in [-0.15, -0.1) is 0 Å². The molecule has 0 aliphatic rings. The average Bonchev–Trinajstić information content (AvgIpc) is 2.27. The number of carbonyl (C=O) groups excluding carboxylic acids is 1. The standard InChI is InChI=1S/C11H14N2O3/c1-7(2)13(3)10(14)8-5-4-6-9(12-8)11(15)16/h4-7H,1-3H3,(H,15,16). The van der Waals surface area contributed by atoms with Crippen LogP contribution in [-0.2, 0) is 0 Å². The predicted molar refractivity (Wildman–Crippen MR) is 58.4 cm³/mol. The van der Waals surface area contributed by atoms with E-state index in [1.54, 1.807) is 7.05 Å². The number of pyridine rings is 1. The molecule has 1 amide bonds. The first kappa shape index (κ1) is 12.2. The highest BCUT2D eigenvalue weighted by atomic mass is 16.4. The van der Waals surface area contributed by atoms with Crippen LogP contribution in [-0.4, -0.2) is 40.0 Å². The number of nitrogens with zero attached hydrogens (tertiary/aromatic N) is 2. The molecule has 86 valence electrons. The van der Waals surface area contributed by atoms with Crippen molar-refractivity contribution in [3.05, 3.63) is 29.6 Å². The Bertz CT molecular complexity index is 415. The second kappa shape index (κ2) is 4.74. The number of hydrogen-bond acceptors (Lipinski definition) is 3. The Morgan fingerprint density at radius 2 is 1.88 bits per heavy atom. The Labute approximate surface area is 93.7 Å². The lowest BCUT2D eigenvalue weighted by Crippen LogP contribution is -2.33. The van der Waals surface area contributed by atoms with E-state index in [2.05, 4.69) is 4.98 Å². The number of amides is 1. The molecule has 5 heteroatoms. The summed E-state index contributed by atoms with van der Waals surface area (Å²) >= 11 is 0. The largest absolute Gasteiger partial charge is 0.477 e. The van der Waals surface area contributed by atoms with Crippen molar-refractivity contribution in [2.24, 2.45) is 0 Å². The number of hydrogen-bond donors (Lipinski definition) is 1. The van der Waals surface area contributed by atoms with Gasteiger partial charge in [-0.05, 0) is 26.0 Å². The smallest absolute Gasteiger partial charge is 0.354 e. The lowest BCUT2D eigenvalue weighted by molar-refractivity contribution is 0.0690. The van der Waals surface area contributed by atoms with Gasteiger partial charge in [-0.25, -0.2) is 9.78 Å². The Balaban J connectivity index is 3.00. The maximum Gasteiger partial charge on any atom is 0.354 e. The summed E-state index contributed by atoms with van der Waals surface area (Å²) in [5.41, 5.74) is 0.0270. The van der Waals surface area contributed by atoms with Crippen LogP contribution in [0.3, 0.4) is 0 Å². The van der Waals surface area contributed by atoms with Gasteiger partial charge in [-0.3, -0.25) is 4.79 Å². The molecule has 1 heterocycles. The van der Waals surface area contributed by atoms with E-state index in [-0.39, 0.29) is 23.3 Å². The molecule has 1 N–H and O–H groups in total. The number of aromatic carboxylic acids is 1. The first-order valence-electron chi connectivity index (χ1n) is 4.91. The monoisotopic (exact) mass is 222 g/mol. The first-order valence-corrected chi connectivity index (χ1v) is 4.91. The van der Waals surface area contributed by atoms with Crippen LogP contribution in [0.25, 0.3) is 0 Å². The zero-order valence-electron chi connectivity index (χ0n) is 9.47. The quantitative estimate of drug-likeness (QED) is 0.835. The fourth-order valence-corrected chi connectivity index (χ4v) is 1.09. The summed E-state index contributed by atoms with van der Waals surface area (Å²) < 4.78 is 0.